The maximum atomic E-state index is 13.2. The van der Waals surface area contributed by atoms with Crippen LogP contribution in [-0.4, -0.2) is 39.8 Å². The number of rotatable bonds is 6. The van der Waals surface area contributed by atoms with Crippen LogP contribution in [0.2, 0.25) is 0 Å². The molecule has 4 rings (SSSR count). The highest BCUT2D eigenvalue weighted by molar-refractivity contribution is 6.05. The van der Waals surface area contributed by atoms with Crippen molar-refractivity contribution in [2.45, 2.75) is 46.0 Å². The molecule has 1 aromatic carbocycles. The summed E-state index contributed by atoms with van der Waals surface area (Å²) in [5.41, 5.74) is 4.89. The Morgan fingerprint density at radius 1 is 1.06 bits per heavy atom. The van der Waals surface area contributed by atoms with Gasteiger partial charge >= 0.3 is 0 Å². The van der Waals surface area contributed by atoms with Gasteiger partial charge in [0.1, 0.15) is 0 Å². The molecule has 0 unspecified atom stereocenters. The predicted octanol–water partition coefficient (Wildman–Crippen LogP) is 5.13. The monoisotopic (exact) mass is 481 g/mol. The molecule has 2 amide bonds. The van der Waals surface area contributed by atoms with E-state index in [1.54, 1.807) is 31.5 Å². The second-order valence-corrected chi connectivity index (χ2v) is 9.75. The van der Waals surface area contributed by atoms with Gasteiger partial charge in [-0.2, -0.15) is 5.26 Å². The van der Waals surface area contributed by atoms with E-state index in [1.165, 1.54) is 5.56 Å². The zero-order chi connectivity index (χ0) is 25.7. The summed E-state index contributed by atoms with van der Waals surface area (Å²) in [5, 5.41) is 11.9. The molecule has 7 heteroatoms. The molecule has 3 aromatic rings. The summed E-state index contributed by atoms with van der Waals surface area (Å²) in [5.74, 6) is 0.494. The topological polar surface area (TPSA) is 99.0 Å². The molecule has 7 nitrogen and oxygen atoms in total. The molecule has 184 valence electrons. The third-order valence-electron chi connectivity index (χ3n) is 6.58. The first-order valence-corrected chi connectivity index (χ1v) is 12.4. The first-order chi connectivity index (χ1) is 17.3. The van der Waals surface area contributed by atoms with E-state index in [9.17, 15) is 9.59 Å². The van der Waals surface area contributed by atoms with Gasteiger partial charge in [0.2, 0.25) is 0 Å². The Labute approximate surface area is 212 Å². The van der Waals surface area contributed by atoms with Crippen molar-refractivity contribution in [3.05, 3.63) is 88.5 Å². The minimum atomic E-state index is -0.281. The smallest absolute Gasteiger partial charge is 0.257 e. The number of carbonyl (C=O) groups is 2. The standard InChI is InChI=1S/C29H31N5O2/c1-19(2)14-26-9-8-24(17-32-26)28(35)33-27-15-25(18-31-20(27)3)29(36)34-12-10-23(11-13-34)22-6-4-21(16-30)5-7-22/h4-9,15,17-19,23H,10-14H2,1-3H3,(H,33,35). The molecule has 2 aromatic heterocycles. The number of nitrogens with zero attached hydrogens (tertiary/aromatic N) is 4. The fourth-order valence-electron chi connectivity index (χ4n) is 4.50. The highest BCUT2D eigenvalue weighted by Gasteiger charge is 2.25. The molecular formula is C29H31N5O2. The van der Waals surface area contributed by atoms with Gasteiger partial charge in [-0.1, -0.05) is 26.0 Å². The lowest BCUT2D eigenvalue weighted by molar-refractivity contribution is 0.0712. The Kier molecular flexibility index (Phi) is 7.74. The fraction of sp³-hybridized carbons (Fsp3) is 0.345. The van der Waals surface area contributed by atoms with Crippen molar-refractivity contribution >= 4 is 17.5 Å². The Bertz CT molecular complexity index is 1270. The van der Waals surface area contributed by atoms with Crippen LogP contribution >= 0.6 is 0 Å². The van der Waals surface area contributed by atoms with Crippen molar-refractivity contribution in [3.8, 4) is 6.07 Å². The van der Waals surface area contributed by atoms with E-state index < -0.39 is 0 Å². The number of hydrogen-bond acceptors (Lipinski definition) is 5. The molecule has 0 radical (unpaired) electrons. The SMILES string of the molecule is Cc1ncc(C(=O)N2CCC(c3ccc(C#N)cc3)CC2)cc1NC(=O)c1ccc(CC(C)C)nc1. The summed E-state index contributed by atoms with van der Waals surface area (Å²) in [4.78, 5) is 36.6. The molecular weight excluding hydrogens is 450 g/mol. The van der Waals surface area contributed by atoms with Crippen LogP contribution < -0.4 is 5.32 Å². The number of aromatic nitrogens is 2. The van der Waals surface area contributed by atoms with Crippen molar-refractivity contribution in [1.82, 2.24) is 14.9 Å². The first-order valence-electron chi connectivity index (χ1n) is 12.4. The number of aryl methyl sites for hydroxylation is 1. The van der Waals surface area contributed by atoms with Gasteiger partial charge in [0, 0.05) is 31.2 Å². The van der Waals surface area contributed by atoms with E-state index in [-0.39, 0.29) is 11.8 Å². The van der Waals surface area contributed by atoms with Gasteiger partial charge in [-0.05, 0) is 73.9 Å². The quantitative estimate of drug-likeness (QED) is 0.526. The van der Waals surface area contributed by atoms with Gasteiger partial charge < -0.3 is 10.2 Å². The van der Waals surface area contributed by atoms with Crippen molar-refractivity contribution in [3.63, 3.8) is 0 Å². The average molecular weight is 482 g/mol. The van der Waals surface area contributed by atoms with E-state index in [0.29, 0.717) is 53.0 Å². The van der Waals surface area contributed by atoms with E-state index >= 15 is 0 Å². The third kappa shape index (κ3) is 5.95. The van der Waals surface area contributed by atoms with E-state index in [1.807, 2.05) is 35.2 Å². The van der Waals surface area contributed by atoms with Crippen LogP contribution in [0.1, 0.15) is 75.8 Å². The maximum Gasteiger partial charge on any atom is 0.257 e. The molecule has 0 spiro atoms. The average Bonchev–Trinajstić information content (AvgIpc) is 2.89. The molecule has 0 bridgehead atoms. The number of anilines is 1. The summed E-state index contributed by atoms with van der Waals surface area (Å²) < 4.78 is 0. The molecule has 1 N–H and O–H groups in total. The van der Waals surface area contributed by atoms with E-state index in [4.69, 9.17) is 5.26 Å². The first kappa shape index (κ1) is 25.1. The van der Waals surface area contributed by atoms with Crippen molar-refractivity contribution in [2.24, 2.45) is 5.92 Å². The summed E-state index contributed by atoms with van der Waals surface area (Å²) in [6.07, 6.45) is 5.74. The molecule has 0 aliphatic carbocycles. The summed E-state index contributed by atoms with van der Waals surface area (Å²) >= 11 is 0. The van der Waals surface area contributed by atoms with Gasteiger partial charge in [0.15, 0.2) is 0 Å². The molecule has 1 aliphatic heterocycles. The number of nitriles is 1. The molecule has 0 saturated carbocycles. The third-order valence-corrected chi connectivity index (χ3v) is 6.58. The van der Waals surface area contributed by atoms with Gasteiger partial charge in [0.05, 0.1) is 34.1 Å². The zero-order valence-electron chi connectivity index (χ0n) is 21.0. The van der Waals surface area contributed by atoms with Gasteiger partial charge in [-0.15, -0.1) is 0 Å². The molecule has 1 aliphatic rings. The van der Waals surface area contributed by atoms with Crippen LogP contribution in [0.4, 0.5) is 5.69 Å². The molecule has 36 heavy (non-hydrogen) atoms. The van der Waals surface area contributed by atoms with Crippen LogP contribution in [0.15, 0.2) is 54.9 Å². The normalized spacial score (nSPS) is 13.9. The second-order valence-electron chi connectivity index (χ2n) is 9.75. The molecule has 0 atom stereocenters. The van der Waals surface area contributed by atoms with Crippen molar-refractivity contribution in [2.75, 3.05) is 18.4 Å². The number of amides is 2. The minimum Gasteiger partial charge on any atom is -0.339 e. The number of carbonyl (C=O) groups excluding carboxylic acids is 2. The molecule has 3 heterocycles. The summed E-state index contributed by atoms with van der Waals surface area (Å²) in [7, 11) is 0. The van der Waals surface area contributed by atoms with E-state index in [0.717, 1.165) is 25.0 Å². The van der Waals surface area contributed by atoms with Crippen LogP contribution in [0.5, 0.6) is 0 Å². The Hall–Kier alpha value is -4.05. The number of piperidine rings is 1. The van der Waals surface area contributed by atoms with Gasteiger partial charge in [-0.25, -0.2) is 0 Å². The second kappa shape index (κ2) is 11.1. The highest BCUT2D eigenvalue weighted by atomic mass is 16.2. The van der Waals surface area contributed by atoms with Crippen molar-refractivity contribution < 1.29 is 9.59 Å². The number of hydrogen-bond donors (Lipinski definition) is 1. The fourth-order valence-corrected chi connectivity index (χ4v) is 4.50. The van der Waals surface area contributed by atoms with Gasteiger partial charge in [-0.3, -0.25) is 19.6 Å². The van der Waals surface area contributed by atoms with Crippen LogP contribution in [0, 0.1) is 24.2 Å². The Balaban J connectivity index is 1.39. The zero-order valence-corrected chi connectivity index (χ0v) is 21.0. The number of pyridine rings is 2. The minimum absolute atomic E-state index is 0.0871. The number of nitrogens with one attached hydrogen (secondary N) is 1. The Morgan fingerprint density at radius 2 is 1.75 bits per heavy atom. The summed E-state index contributed by atoms with van der Waals surface area (Å²) in [6, 6.07) is 15.2. The lowest BCUT2D eigenvalue weighted by atomic mass is 9.89. The lowest BCUT2D eigenvalue weighted by Crippen LogP contribution is -2.38. The van der Waals surface area contributed by atoms with E-state index in [2.05, 4.69) is 35.2 Å². The Morgan fingerprint density at radius 3 is 2.36 bits per heavy atom. The van der Waals surface area contributed by atoms with Crippen molar-refractivity contribution in [1.29, 1.82) is 5.26 Å². The van der Waals surface area contributed by atoms with Crippen LogP contribution in [0.25, 0.3) is 0 Å². The summed E-state index contributed by atoms with van der Waals surface area (Å²) in [6.45, 7) is 7.35. The predicted molar refractivity (Wildman–Crippen MR) is 139 cm³/mol. The molecule has 1 saturated heterocycles. The number of benzene rings is 1. The largest absolute Gasteiger partial charge is 0.339 e. The van der Waals surface area contributed by atoms with Crippen LogP contribution in [0.3, 0.4) is 0 Å². The lowest BCUT2D eigenvalue weighted by Gasteiger charge is -2.32. The van der Waals surface area contributed by atoms with Gasteiger partial charge in [0.25, 0.3) is 11.8 Å². The maximum absolute atomic E-state index is 13.2. The highest BCUT2D eigenvalue weighted by Crippen LogP contribution is 2.29. The van der Waals surface area contributed by atoms with Crippen LogP contribution in [-0.2, 0) is 6.42 Å². The molecule has 1 fully saturated rings. The number of likely N-dealkylation sites (tertiary alicyclic amines) is 1.